The molecule has 1 N–H and O–H groups in total. The molecule has 0 aliphatic heterocycles. The fourth-order valence-corrected chi connectivity index (χ4v) is 4.50. The molecule has 0 radical (unpaired) electrons. The molecule has 1 aromatic heterocycles. The van der Waals surface area contributed by atoms with Crippen molar-refractivity contribution in [2.75, 3.05) is 7.05 Å². The van der Waals surface area contributed by atoms with Crippen LogP contribution in [-0.2, 0) is 6.54 Å². The zero-order chi connectivity index (χ0) is 18.6. The highest BCUT2D eigenvalue weighted by atomic mass is 16.1. The monoisotopic (exact) mass is 365 g/mol. The summed E-state index contributed by atoms with van der Waals surface area (Å²) in [6.07, 6.45) is 11.6. The highest BCUT2D eigenvalue weighted by Gasteiger charge is 2.23. The molecule has 2 aliphatic carbocycles. The number of aromatic amines is 1. The standard InChI is InChI=1S/C23H31N3O/c1-26(19-12-4-2-3-5-13-19)16-18-9-6-7-14-20(18)23-24-21(15-22(27)25-23)17-10-8-11-17/h6-7,9,14-15,17,19H,2-5,8,10-13,16H2,1H3,(H,24,25,27). The van der Waals surface area contributed by atoms with Gasteiger partial charge in [-0.15, -0.1) is 0 Å². The third-order valence-corrected chi connectivity index (χ3v) is 6.43. The van der Waals surface area contributed by atoms with Crippen molar-refractivity contribution in [1.82, 2.24) is 14.9 Å². The Hall–Kier alpha value is -1.94. The molecule has 0 spiro atoms. The van der Waals surface area contributed by atoms with E-state index in [-0.39, 0.29) is 5.56 Å². The number of H-pyrrole nitrogens is 1. The summed E-state index contributed by atoms with van der Waals surface area (Å²) in [5, 5.41) is 0. The molecule has 2 fully saturated rings. The van der Waals surface area contributed by atoms with Gasteiger partial charge in [-0.2, -0.15) is 0 Å². The first-order valence-electron chi connectivity index (χ1n) is 10.6. The molecule has 4 nitrogen and oxygen atoms in total. The lowest BCUT2D eigenvalue weighted by Crippen LogP contribution is -2.31. The maximum Gasteiger partial charge on any atom is 0.251 e. The fraction of sp³-hybridized carbons (Fsp3) is 0.565. The van der Waals surface area contributed by atoms with Gasteiger partial charge in [-0.3, -0.25) is 9.69 Å². The average Bonchev–Trinajstić information content (AvgIpc) is 2.90. The van der Waals surface area contributed by atoms with Gasteiger partial charge in [0.05, 0.1) is 5.69 Å². The van der Waals surface area contributed by atoms with Gasteiger partial charge in [0.15, 0.2) is 0 Å². The average molecular weight is 366 g/mol. The number of hydrogen-bond acceptors (Lipinski definition) is 3. The summed E-state index contributed by atoms with van der Waals surface area (Å²) in [5.74, 6) is 1.20. The Labute approximate surface area is 162 Å². The molecule has 2 saturated carbocycles. The normalized spacial score (nSPS) is 19.0. The zero-order valence-electron chi connectivity index (χ0n) is 16.4. The van der Waals surface area contributed by atoms with E-state index >= 15 is 0 Å². The summed E-state index contributed by atoms with van der Waals surface area (Å²) >= 11 is 0. The summed E-state index contributed by atoms with van der Waals surface area (Å²) in [6, 6.07) is 10.8. The molecule has 1 aromatic carbocycles. The molecule has 0 saturated heterocycles. The van der Waals surface area contributed by atoms with E-state index in [1.165, 1.54) is 50.5 Å². The van der Waals surface area contributed by atoms with Crippen LogP contribution in [0.1, 0.15) is 75.0 Å². The summed E-state index contributed by atoms with van der Waals surface area (Å²) in [5.41, 5.74) is 3.25. The van der Waals surface area contributed by atoms with Crippen LogP contribution in [0.2, 0.25) is 0 Å². The highest BCUT2D eigenvalue weighted by molar-refractivity contribution is 5.60. The van der Waals surface area contributed by atoms with Crippen LogP contribution in [0.3, 0.4) is 0 Å². The number of nitrogens with zero attached hydrogens (tertiary/aromatic N) is 2. The van der Waals surface area contributed by atoms with Crippen molar-refractivity contribution in [2.45, 2.75) is 76.3 Å². The Morgan fingerprint density at radius 3 is 2.48 bits per heavy atom. The van der Waals surface area contributed by atoms with E-state index in [0.29, 0.717) is 12.0 Å². The number of aromatic nitrogens is 2. The van der Waals surface area contributed by atoms with Gasteiger partial charge in [0.25, 0.3) is 5.56 Å². The summed E-state index contributed by atoms with van der Waals surface area (Å²) < 4.78 is 0. The summed E-state index contributed by atoms with van der Waals surface area (Å²) in [6.45, 7) is 0.901. The first-order chi connectivity index (χ1) is 13.2. The number of nitrogens with one attached hydrogen (secondary N) is 1. The van der Waals surface area contributed by atoms with Crippen LogP contribution in [0.25, 0.3) is 11.4 Å². The van der Waals surface area contributed by atoms with Gasteiger partial charge in [-0.05, 0) is 38.3 Å². The topological polar surface area (TPSA) is 49.0 Å². The van der Waals surface area contributed by atoms with Gasteiger partial charge >= 0.3 is 0 Å². The molecular formula is C23H31N3O. The van der Waals surface area contributed by atoms with Crippen LogP contribution in [0.15, 0.2) is 35.1 Å². The Kier molecular flexibility index (Phi) is 5.72. The van der Waals surface area contributed by atoms with Crippen molar-refractivity contribution >= 4 is 0 Å². The Balaban J connectivity index is 1.59. The van der Waals surface area contributed by atoms with E-state index in [2.05, 4.69) is 35.1 Å². The second-order valence-corrected chi connectivity index (χ2v) is 8.36. The Bertz CT molecular complexity index is 816. The molecule has 4 rings (SSSR count). The maximum absolute atomic E-state index is 12.2. The third-order valence-electron chi connectivity index (χ3n) is 6.43. The molecule has 2 aromatic rings. The van der Waals surface area contributed by atoms with Gasteiger partial charge in [0.1, 0.15) is 5.82 Å². The van der Waals surface area contributed by atoms with Crippen molar-refractivity contribution in [2.24, 2.45) is 0 Å². The minimum Gasteiger partial charge on any atom is -0.307 e. The molecule has 0 amide bonds. The van der Waals surface area contributed by atoms with E-state index in [9.17, 15) is 4.79 Å². The Morgan fingerprint density at radius 2 is 1.78 bits per heavy atom. The molecule has 27 heavy (non-hydrogen) atoms. The molecular weight excluding hydrogens is 334 g/mol. The summed E-state index contributed by atoms with van der Waals surface area (Å²) in [4.78, 5) is 22.6. The van der Waals surface area contributed by atoms with Gasteiger partial charge in [-0.1, -0.05) is 56.4 Å². The van der Waals surface area contributed by atoms with Crippen LogP contribution in [0.5, 0.6) is 0 Å². The zero-order valence-corrected chi connectivity index (χ0v) is 16.4. The van der Waals surface area contributed by atoms with E-state index in [1.807, 2.05) is 6.07 Å². The molecule has 144 valence electrons. The smallest absolute Gasteiger partial charge is 0.251 e. The Morgan fingerprint density at radius 1 is 1.04 bits per heavy atom. The van der Waals surface area contributed by atoms with Crippen molar-refractivity contribution in [3.05, 3.63) is 51.9 Å². The predicted molar refractivity (Wildman–Crippen MR) is 110 cm³/mol. The van der Waals surface area contributed by atoms with Gasteiger partial charge in [0.2, 0.25) is 0 Å². The lowest BCUT2D eigenvalue weighted by molar-refractivity contribution is 0.213. The lowest BCUT2D eigenvalue weighted by atomic mass is 9.83. The fourth-order valence-electron chi connectivity index (χ4n) is 4.50. The predicted octanol–water partition coefficient (Wildman–Crippen LogP) is 4.86. The number of benzene rings is 1. The van der Waals surface area contributed by atoms with Gasteiger partial charge < -0.3 is 4.98 Å². The quantitative estimate of drug-likeness (QED) is 0.770. The van der Waals surface area contributed by atoms with Gasteiger partial charge in [-0.25, -0.2) is 4.98 Å². The minimum atomic E-state index is -0.0335. The molecule has 0 atom stereocenters. The van der Waals surface area contributed by atoms with Crippen LogP contribution in [-0.4, -0.2) is 28.0 Å². The lowest BCUT2D eigenvalue weighted by Gasteiger charge is -2.28. The van der Waals surface area contributed by atoms with E-state index in [4.69, 9.17) is 4.98 Å². The molecule has 0 unspecified atom stereocenters. The molecule has 0 bridgehead atoms. The highest BCUT2D eigenvalue weighted by Crippen LogP contribution is 2.35. The molecule has 2 aliphatic rings. The first kappa shape index (κ1) is 18.4. The first-order valence-corrected chi connectivity index (χ1v) is 10.6. The summed E-state index contributed by atoms with van der Waals surface area (Å²) in [7, 11) is 2.24. The maximum atomic E-state index is 12.2. The SMILES string of the molecule is CN(Cc1ccccc1-c1nc(C2CCC2)cc(=O)[nH]1)C1CCCCCC1. The van der Waals surface area contributed by atoms with Crippen molar-refractivity contribution in [1.29, 1.82) is 0 Å². The minimum absolute atomic E-state index is 0.0335. The van der Waals surface area contributed by atoms with E-state index < -0.39 is 0 Å². The van der Waals surface area contributed by atoms with Crippen LogP contribution >= 0.6 is 0 Å². The van der Waals surface area contributed by atoms with E-state index in [1.54, 1.807) is 6.07 Å². The van der Waals surface area contributed by atoms with Crippen molar-refractivity contribution < 1.29 is 0 Å². The van der Waals surface area contributed by atoms with Crippen LogP contribution in [0.4, 0.5) is 0 Å². The third kappa shape index (κ3) is 4.32. The van der Waals surface area contributed by atoms with Gasteiger partial charge in [0, 0.05) is 30.1 Å². The second kappa shape index (κ2) is 8.39. The van der Waals surface area contributed by atoms with Crippen molar-refractivity contribution in [3.8, 4) is 11.4 Å². The van der Waals surface area contributed by atoms with Crippen molar-refractivity contribution in [3.63, 3.8) is 0 Å². The molecule has 1 heterocycles. The van der Waals surface area contributed by atoms with Crippen LogP contribution < -0.4 is 5.56 Å². The number of rotatable bonds is 5. The van der Waals surface area contributed by atoms with E-state index in [0.717, 1.165) is 36.5 Å². The molecule has 4 heteroatoms. The largest absolute Gasteiger partial charge is 0.307 e. The second-order valence-electron chi connectivity index (χ2n) is 8.36. The number of hydrogen-bond donors (Lipinski definition) is 1. The van der Waals surface area contributed by atoms with Crippen LogP contribution in [0, 0.1) is 0 Å².